The summed E-state index contributed by atoms with van der Waals surface area (Å²) in [5, 5.41) is 9.10. The second-order valence-electron chi connectivity index (χ2n) is 3.45. The van der Waals surface area contributed by atoms with Gasteiger partial charge < -0.3 is 5.32 Å². The highest BCUT2D eigenvalue weighted by Crippen LogP contribution is 2.07. The van der Waals surface area contributed by atoms with Crippen molar-refractivity contribution in [2.45, 2.75) is 12.4 Å². The third kappa shape index (κ3) is 3.04. The van der Waals surface area contributed by atoms with Crippen LogP contribution in [0.3, 0.4) is 0 Å². The van der Waals surface area contributed by atoms with Crippen LogP contribution >= 0.6 is 11.6 Å². The number of benzene rings is 1. The van der Waals surface area contributed by atoms with Gasteiger partial charge in [-0.15, -0.1) is 11.6 Å². The van der Waals surface area contributed by atoms with E-state index < -0.39 is 0 Å². The number of aromatic nitrogens is 3. The predicted molar refractivity (Wildman–Crippen MR) is 63.6 cm³/mol. The van der Waals surface area contributed by atoms with Gasteiger partial charge in [0.2, 0.25) is 0 Å². The van der Waals surface area contributed by atoms with Crippen molar-refractivity contribution in [2.24, 2.45) is 0 Å². The number of hydrogen-bond donors (Lipinski definition) is 2. The lowest BCUT2D eigenvalue weighted by atomic mass is 10.1. The van der Waals surface area contributed by atoms with Crippen molar-refractivity contribution in [3.63, 3.8) is 0 Å². The molecular formula is C11H11ClN4O. The molecule has 5 nitrogen and oxygen atoms in total. The maximum Gasteiger partial charge on any atom is 0.251 e. The lowest BCUT2D eigenvalue weighted by Crippen LogP contribution is -2.23. The van der Waals surface area contributed by atoms with Gasteiger partial charge >= 0.3 is 0 Å². The van der Waals surface area contributed by atoms with E-state index in [1.54, 1.807) is 18.2 Å². The van der Waals surface area contributed by atoms with Crippen LogP contribution in [0.4, 0.5) is 0 Å². The molecule has 0 bridgehead atoms. The van der Waals surface area contributed by atoms with E-state index in [0.29, 0.717) is 23.8 Å². The van der Waals surface area contributed by atoms with Crippen LogP contribution in [0.25, 0.3) is 0 Å². The molecule has 0 atom stereocenters. The number of aromatic amines is 1. The molecule has 0 fully saturated rings. The number of carbonyl (C=O) groups excluding carboxylic acids is 1. The van der Waals surface area contributed by atoms with Gasteiger partial charge in [-0.2, -0.15) is 5.10 Å². The second kappa shape index (κ2) is 5.45. The molecule has 6 heteroatoms. The Morgan fingerprint density at radius 2 is 2.35 bits per heavy atom. The molecule has 0 unspecified atom stereocenters. The van der Waals surface area contributed by atoms with Crippen molar-refractivity contribution in [1.82, 2.24) is 20.5 Å². The molecule has 88 valence electrons. The summed E-state index contributed by atoms with van der Waals surface area (Å²) in [5.74, 6) is 0.851. The molecule has 0 aliphatic heterocycles. The first-order valence-electron chi connectivity index (χ1n) is 5.07. The summed E-state index contributed by atoms with van der Waals surface area (Å²) < 4.78 is 0. The molecule has 0 spiro atoms. The van der Waals surface area contributed by atoms with E-state index in [1.807, 2.05) is 6.07 Å². The summed E-state index contributed by atoms with van der Waals surface area (Å²) in [5.41, 5.74) is 1.50. The highest BCUT2D eigenvalue weighted by molar-refractivity contribution is 6.17. The first-order chi connectivity index (χ1) is 8.29. The molecule has 2 aromatic rings. The van der Waals surface area contributed by atoms with Crippen LogP contribution in [-0.2, 0) is 12.4 Å². The van der Waals surface area contributed by atoms with Crippen molar-refractivity contribution in [3.8, 4) is 0 Å². The Labute approximate surface area is 103 Å². The van der Waals surface area contributed by atoms with Crippen molar-refractivity contribution in [2.75, 3.05) is 0 Å². The third-order valence-corrected chi connectivity index (χ3v) is 2.53. The van der Waals surface area contributed by atoms with E-state index in [2.05, 4.69) is 20.5 Å². The van der Waals surface area contributed by atoms with E-state index >= 15 is 0 Å². The predicted octanol–water partition coefficient (Wildman–Crippen LogP) is 1.47. The van der Waals surface area contributed by atoms with Gasteiger partial charge in [-0.25, -0.2) is 4.98 Å². The minimum Gasteiger partial charge on any atom is -0.345 e. The summed E-state index contributed by atoms with van der Waals surface area (Å²) in [4.78, 5) is 15.7. The molecule has 2 rings (SSSR count). The number of rotatable bonds is 4. The van der Waals surface area contributed by atoms with Gasteiger partial charge in [0.1, 0.15) is 12.2 Å². The zero-order valence-corrected chi connectivity index (χ0v) is 9.74. The van der Waals surface area contributed by atoms with E-state index in [1.165, 1.54) is 6.33 Å². The Hall–Kier alpha value is -1.88. The molecule has 1 aromatic carbocycles. The second-order valence-corrected chi connectivity index (χ2v) is 3.72. The third-order valence-electron chi connectivity index (χ3n) is 2.22. The van der Waals surface area contributed by atoms with Crippen LogP contribution in [0.1, 0.15) is 21.7 Å². The fraction of sp³-hybridized carbons (Fsp3) is 0.182. The van der Waals surface area contributed by atoms with Crippen molar-refractivity contribution in [1.29, 1.82) is 0 Å². The SMILES string of the molecule is O=C(NCc1ncn[nH]1)c1cccc(CCl)c1. The quantitative estimate of drug-likeness (QED) is 0.808. The highest BCUT2D eigenvalue weighted by atomic mass is 35.5. The number of H-pyrrole nitrogens is 1. The van der Waals surface area contributed by atoms with Crippen LogP contribution < -0.4 is 5.32 Å². The molecule has 1 amide bonds. The maximum atomic E-state index is 11.8. The smallest absolute Gasteiger partial charge is 0.251 e. The van der Waals surface area contributed by atoms with Crippen molar-refractivity contribution < 1.29 is 4.79 Å². The van der Waals surface area contributed by atoms with E-state index in [4.69, 9.17) is 11.6 Å². The number of amides is 1. The summed E-state index contributed by atoms with van der Waals surface area (Å²) in [7, 11) is 0. The normalized spacial score (nSPS) is 10.2. The van der Waals surface area contributed by atoms with Crippen LogP contribution in [-0.4, -0.2) is 21.1 Å². The minimum atomic E-state index is -0.159. The average Bonchev–Trinajstić information content (AvgIpc) is 2.89. The van der Waals surface area contributed by atoms with Gasteiger partial charge in [0, 0.05) is 11.4 Å². The van der Waals surface area contributed by atoms with Gasteiger partial charge in [-0.05, 0) is 17.7 Å². The van der Waals surface area contributed by atoms with Gasteiger partial charge in [-0.1, -0.05) is 12.1 Å². The average molecular weight is 251 g/mol. The van der Waals surface area contributed by atoms with Gasteiger partial charge in [0.25, 0.3) is 5.91 Å². The number of nitrogens with one attached hydrogen (secondary N) is 2. The molecule has 0 aliphatic carbocycles. The van der Waals surface area contributed by atoms with Crippen LogP contribution in [0.15, 0.2) is 30.6 Å². The van der Waals surface area contributed by atoms with Crippen LogP contribution in [0.5, 0.6) is 0 Å². The lowest BCUT2D eigenvalue weighted by molar-refractivity contribution is 0.0950. The number of alkyl halides is 1. The van der Waals surface area contributed by atoms with Crippen molar-refractivity contribution in [3.05, 3.63) is 47.5 Å². The Morgan fingerprint density at radius 1 is 1.47 bits per heavy atom. The first kappa shape index (κ1) is 11.6. The highest BCUT2D eigenvalue weighted by Gasteiger charge is 2.06. The monoisotopic (exact) mass is 250 g/mol. The zero-order chi connectivity index (χ0) is 12.1. The molecule has 1 aromatic heterocycles. The fourth-order valence-electron chi connectivity index (χ4n) is 1.38. The van der Waals surface area contributed by atoms with Crippen LogP contribution in [0, 0.1) is 0 Å². The number of halogens is 1. The molecule has 0 saturated carbocycles. The molecule has 0 saturated heterocycles. The Bertz CT molecular complexity index is 498. The van der Waals surface area contributed by atoms with E-state index in [0.717, 1.165) is 5.56 Å². The Kier molecular flexibility index (Phi) is 3.72. The zero-order valence-electron chi connectivity index (χ0n) is 8.98. The summed E-state index contributed by atoms with van der Waals surface area (Å²) >= 11 is 5.71. The van der Waals surface area contributed by atoms with Gasteiger partial charge in [-0.3, -0.25) is 9.89 Å². The minimum absolute atomic E-state index is 0.159. The number of carbonyl (C=O) groups is 1. The molecule has 1 heterocycles. The number of hydrogen-bond acceptors (Lipinski definition) is 3. The lowest BCUT2D eigenvalue weighted by Gasteiger charge is -2.04. The van der Waals surface area contributed by atoms with E-state index in [9.17, 15) is 4.79 Å². The molecule has 2 N–H and O–H groups in total. The molecule has 0 aliphatic rings. The van der Waals surface area contributed by atoms with Crippen LogP contribution in [0.2, 0.25) is 0 Å². The summed E-state index contributed by atoms with van der Waals surface area (Å²) in [6.07, 6.45) is 1.40. The topological polar surface area (TPSA) is 70.7 Å². The van der Waals surface area contributed by atoms with Gasteiger partial charge in [0.05, 0.1) is 6.54 Å². The van der Waals surface area contributed by atoms with Gasteiger partial charge in [0.15, 0.2) is 0 Å². The standard InChI is InChI=1S/C11H11ClN4O/c12-5-8-2-1-3-9(4-8)11(17)13-6-10-14-7-15-16-10/h1-4,7H,5-6H2,(H,13,17)(H,14,15,16). The largest absolute Gasteiger partial charge is 0.345 e. The molecule has 17 heavy (non-hydrogen) atoms. The van der Waals surface area contributed by atoms with E-state index in [-0.39, 0.29) is 5.91 Å². The fourth-order valence-corrected chi connectivity index (χ4v) is 1.54. The molecular weight excluding hydrogens is 240 g/mol. The Balaban J connectivity index is 1.99. The maximum absolute atomic E-state index is 11.8. The van der Waals surface area contributed by atoms with Crippen molar-refractivity contribution >= 4 is 17.5 Å². The summed E-state index contributed by atoms with van der Waals surface area (Å²) in [6.45, 7) is 0.323. The molecule has 0 radical (unpaired) electrons. The first-order valence-corrected chi connectivity index (χ1v) is 5.60. The summed E-state index contributed by atoms with van der Waals surface area (Å²) in [6, 6.07) is 7.19. The Morgan fingerprint density at radius 3 is 3.06 bits per heavy atom. The number of nitrogens with zero attached hydrogens (tertiary/aromatic N) is 2.